The van der Waals surface area contributed by atoms with Gasteiger partial charge in [-0.15, -0.1) is 0 Å². The summed E-state index contributed by atoms with van der Waals surface area (Å²) in [4.78, 5) is 17.4. The first-order valence-corrected chi connectivity index (χ1v) is 11.8. The number of anilines is 3. The van der Waals surface area contributed by atoms with Crippen molar-refractivity contribution in [1.82, 2.24) is 9.88 Å². The van der Waals surface area contributed by atoms with Gasteiger partial charge in [0.15, 0.2) is 0 Å². The Morgan fingerprint density at radius 1 is 0.875 bits per heavy atom. The number of carbonyl (C=O) groups is 1. The molecule has 32 heavy (non-hydrogen) atoms. The Labute approximate surface area is 187 Å². The number of pyridine rings is 1. The van der Waals surface area contributed by atoms with E-state index < -0.39 is 10.0 Å². The van der Waals surface area contributed by atoms with Gasteiger partial charge in [-0.05, 0) is 36.4 Å². The fourth-order valence-electron chi connectivity index (χ4n) is 3.39. The van der Waals surface area contributed by atoms with E-state index in [0.717, 1.165) is 33.2 Å². The third-order valence-electron chi connectivity index (χ3n) is 5.25. The molecule has 0 atom stereocenters. The van der Waals surface area contributed by atoms with Gasteiger partial charge < -0.3 is 10.2 Å². The fraction of sp³-hybridized carbons (Fsp3) is 0.167. The van der Waals surface area contributed by atoms with Gasteiger partial charge in [-0.1, -0.05) is 36.4 Å². The highest BCUT2D eigenvalue weighted by atomic mass is 32.2. The standard InChI is InChI=1S/C24H24N4O3S/c1-17(29)28(2)15-16-32(30,31)27-19-13-11-18(12-14-19)25-24-20-7-3-5-9-22(20)26-23-10-6-4-8-21(23)24/h3-14,27H,15-16H2,1-2H3,(H,25,26). The molecule has 0 spiro atoms. The molecule has 3 aromatic carbocycles. The van der Waals surface area contributed by atoms with Crippen molar-refractivity contribution >= 4 is 54.8 Å². The van der Waals surface area contributed by atoms with Gasteiger partial charge in [-0.2, -0.15) is 0 Å². The Bertz CT molecular complexity index is 1330. The van der Waals surface area contributed by atoms with Crippen LogP contribution in [0.4, 0.5) is 17.1 Å². The Hall–Kier alpha value is -3.65. The van der Waals surface area contributed by atoms with Crippen molar-refractivity contribution in [3.05, 3.63) is 72.8 Å². The monoisotopic (exact) mass is 448 g/mol. The van der Waals surface area contributed by atoms with Crippen LogP contribution in [-0.2, 0) is 14.8 Å². The lowest BCUT2D eigenvalue weighted by atomic mass is 10.1. The predicted molar refractivity (Wildman–Crippen MR) is 130 cm³/mol. The van der Waals surface area contributed by atoms with Crippen molar-refractivity contribution in [2.45, 2.75) is 6.92 Å². The maximum absolute atomic E-state index is 12.3. The minimum absolute atomic E-state index is 0.131. The molecule has 0 saturated heterocycles. The number of benzene rings is 3. The summed E-state index contributed by atoms with van der Waals surface area (Å²) in [6.45, 7) is 1.54. The summed E-state index contributed by atoms with van der Waals surface area (Å²) in [5.74, 6) is -0.343. The van der Waals surface area contributed by atoms with Crippen molar-refractivity contribution in [3.8, 4) is 0 Å². The number of fused-ring (bicyclic) bond motifs is 2. The minimum atomic E-state index is -3.57. The molecule has 0 bridgehead atoms. The highest BCUT2D eigenvalue weighted by Gasteiger charge is 2.14. The number of rotatable bonds is 7. The Morgan fingerprint density at radius 2 is 1.41 bits per heavy atom. The predicted octanol–water partition coefficient (Wildman–Crippen LogP) is 4.35. The van der Waals surface area contributed by atoms with Gasteiger partial charge in [-0.3, -0.25) is 9.52 Å². The number of sulfonamides is 1. The first kappa shape index (κ1) is 21.6. The lowest BCUT2D eigenvalue weighted by Gasteiger charge is -2.16. The molecule has 4 rings (SSSR count). The number of amides is 1. The Morgan fingerprint density at radius 3 is 1.97 bits per heavy atom. The summed E-state index contributed by atoms with van der Waals surface area (Å²) in [5, 5.41) is 5.48. The molecule has 4 aromatic rings. The van der Waals surface area contributed by atoms with E-state index in [1.54, 1.807) is 19.2 Å². The third-order valence-corrected chi connectivity index (χ3v) is 6.51. The molecule has 1 aromatic heterocycles. The van der Waals surface area contributed by atoms with Crippen LogP contribution in [0.15, 0.2) is 72.8 Å². The molecule has 164 valence electrons. The lowest BCUT2D eigenvalue weighted by molar-refractivity contribution is -0.127. The fourth-order valence-corrected chi connectivity index (χ4v) is 4.50. The van der Waals surface area contributed by atoms with E-state index in [0.29, 0.717) is 5.69 Å². The molecule has 0 radical (unpaired) electrons. The Kier molecular flexibility index (Phi) is 5.96. The quantitative estimate of drug-likeness (QED) is 0.410. The van der Waals surface area contributed by atoms with E-state index >= 15 is 0 Å². The van der Waals surface area contributed by atoms with Crippen LogP contribution in [-0.4, -0.2) is 43.6 Å². The average molecular weight is 449 g/mol. The maximum Gasteiger partial charge on any atom is 0.234 e. The van der Waals surface area contributed by atoms with E-state index in [2.05, 4.69) is 10.0 Å². The van der Waals surface area contributed by atoms with E-state index in [9.17, 15) is 13.2 Å². The molecule has 0 aliphatic rings. The SMILES string of the molecule is CC(=O)N(C)CCS(=O)(=O)Nc1ccc(Nc2c3ccccc3nc3ccccc23)cc1. The highest BCUT2D eigenvalue weighted by molar-refractivity contribution is 7.92. The van der Waals surface area contributed by atoms with Crippen LogP contribution in [0, 0.1) is 0 Å². The number of aromatic nitrogens is 1. The van der Waals surface area contributed by atoms with Crippen molar-refractivity contribution < 1.29 is 13.2 Å². The smallest absolute Gasteiger partial charge is 0.234 e. The summed E-state index contributed by atoms with van der Waals surface area (Å²) in [6.07, 6.45) is 0. The number of hydrogen-bond donors (Lipinski definition) is 2. The summed E-state index contributed by atoms with van der Waals surface area (Å²) < 4.78 is 27.2. The number of para-hydroxylation sites is 2. The van der Waals surface area contributed by atoms with Crippen LogP contribution in [0.25, 0.3) is 21.8 Å². The van der Waals surface area contributed by atoms with E-state index in [1.165, 1.54) is 11.8 Å². The summed E-state index contributed by atoms with van der Waals surface area (Å²) in [5.41, 5.74) is 4.03. The molecule has 7 nitrogen and oxygen atoms in total. The zero-order valence-electron chi connectivity index (χ0n) is 17.9. The van der Waals surface area contributed by atoms with Crippen LogP contribution < -0.4 is 10.0 Å². The molecule has 0 saturated carbocycles. The third kappa shape index (κ3) is 4.81. The molecule has 0 aliphatic heterocycles. The number of nitrogens with one attached hydrogen (secondary N) is 2. The van der Waals surface area contributed by atoms with E-state index in [-0.39, 0.29) is 18.2 Å². The number of nitrogens with zero attached hydrogens (tertiary/aromatic N) is 2. The molecule has 0 unspecified atom stereocenters. The number of carbonyl (C=O) groups excluding carboxylic acids is 1. The van der Waals surface area contributed by atoms with Gasteiger partial charge in [0, 0.05) is 42.7 Å². The molecule has 0 fully saturated rings. The lowest BCUT2D eigenvalue weighted by Crippen LogP contribution is -2.31. The summed E-state index contributed by atoms with van der Waals surface area (Å²) in [6, 6.07) is 23.0. The molecule has 2 N–H and O–H groups in total. The summed E-state index contributed by atoms with van der Waals surface area (Å²) in [7, 11) is -1.99. The second-order valence-corrected chi connectivity index (χ2v) is 9.43. The van der Waals surface area contributed by atoms with Crippen molar-refractivity contribution in [2.75, 3.05) is 29.4 Å². The zero-order chi connectivity index (χ0) is 22.7. The average Bonchev–Trinajstić information content (AvgIpc) is 2.78. The second-order valence-electron chi connectivity index (χ2n) is 7.58. The maximum atomic E-state index is 12.3. The van der Waals surface area contributed by atoms with Gasteiger partial charge in [0.2, 0.25) is 15.9 Å². The number of hydrogen-bond acceptors (Lipinski definition) is 5. The van der Waals surface area contributed by atoms with Gasteiger partial charge in [0.05, 0.1) is 22.5 Å². The first-order valence-electron chi connectivity index (χ1n) is 10.2. The van der Waals surface area contributed by atoms with Crippen LogP contribution in [0.1, 0.15) is 6.92 Å². The normalized spacial score (nSPS) is 11.4. The highest BCUT2D eigenvalue weighted by Crippen LogP contribution is 2.33. The van der Waals surface area contributed by atoms with Crippen LogP contribution in [0.2, 0.25) is 0 Å². The molecule has 0 aliphatic carbocycles. The van der Waals surface area contributed by atoms with E-state index in [4.69, 9.17) is 4.98 Å². The van der Waals surface area contributed by atoms with Crippen molar-refractivity contribution in [1.29, 1.82) is 0 Å². The van der Waals surface area contributed by atoms with E-state index in [1.807, 2.05) is 60.7 Å². The van der Waals surface area contributed by atoms with Crippen molar-refractivity contribution in [2.24, 2.45) is 0 Å². The van der Waals surface area contributed by atoms with Crippen LogP contribution in [0.5, 0.6) is 0 Å². The zero-order valence-corrected chi connectivity index (χ0v) is 18.7. The molecular weight excluding hydrogens is 424 g/mol. The van der Waals surface area contributed by atoms with Crippen LogP contribution >= 0.6 is 0 Å². The van der Waals surface area contributed by atoms with Gasteiger partial charge in [0.25, 0.3) is 0 Å². The van der Waals surface area contributed by atoms with Gasteiger partial charge in [-0.25, -0.2) is 13.4 Å². The molecule has 1 heterocycles. The largest absolute Gasteiger partial charge is 0.354 e. The van der Waals surface area contributed by atoms with Gasteiger partial charge >= 0.3 is 0 Å². The topological polar surface area (TPSA) is 91.4 Å². The van der Waals surface area contributed by atoms with Crippen molar-refractivity contribution in [3.63, 3.8) is 0 Å². The first-order chi connectivity index (χ1) is 15.3. The van der Waals surface area contributed by atoms with Crippen LogP contribution in [0.3, 0.4) is 0 Å². The molecule has 1 amide bonds. The molecule has 8 heteroatoms. The molecular formula is C24H24N4O3S. The second kappa shape index (κ2) is 8.84. The summed E-state index contributed by atoms with van der Waals surface area (Å²) >= 11 is 0. The van der Waals surface area contributed by atoms with Gasteiger partial charge in [0.1, 0.15) is 0 Å². The Balaban J connectivity index is 1.55. The minimum Gasteiger partial charge on any atom is -0.354 e.